The molecule has 7 heteroatoms. The van der Waals surface area contributed by atoms with Gasteiger partial charge in [-0.05, 0) is 56.2 Å². The van der Waals surface area contributed by atoms with Crippen LogP contribution < -0.4 is 4.90 Å². The highest BCUT2D eigenvalue weighted by atomic mass is 19.4. The minimum atomic E-state index is -4.43. The highest BCUT2D eigenvalue weighted by Crippen LogP contribution is 2.30. The minimum Gasteiger partial charge on any atom is -0.339 e. The third-order valence-electron chi connectivity index (χ3n) is 5.24. The van der Waals surface area contributed by atoms with Gasteiger partial charge >= 0.3 is 6.18 Å². The predicted octanol–water partition coefficient (Wildman–Crippen LogP) is 4.61. The number of alkyl halides is 3. The average molecular weight is 404 g/mol. The Morgan fingerprint density at radius 2 is 1.59 bits per heavy atom. The van der Waals surface area contributed by atoms with Crippen molar-refractivity contribution in [2.75, 3.05) is 24.5 Å². The van der Waals surface area contributed by atoms with Crippen LogP contribution in [0, 0.1) is 5.92 Å². The molecule has 0 N–H and O–H groups in total. The second-order valence-electron chi connectivity index (χ2n) is 7.06. The van der Waals surface area contributed by atoms with Gasteiger partial charge in [0, 0.05) is 36.8 Å². The Balaban J connectivity index is 1.61. The number of hydrogen-bond acceptors (Lipinski definition) is 2. The molecule has 1 saturated heterocycles. The molecule has 1 aliphatic rings. The van der Waals surface area contributed by atoms with Gasteiger partial charge in [-0.15, -0.1) is 0 Å². The maximum Gasteiger partial charge on any atom is 0.416 e. The zero-order valence-corrected chi connectivity index (χ0v) is 16.2. The first-order chi connectivity index (χ1) is 13.8. The lowest BCUT2D eigenvalue weighted by molar-refractivity contribution is -0.137. The van der Waals surface area contributed by atoms with Crippen molar-refractivity contribution in [2.24, 2.45) is 5.92 Å². The predicted molar refractivity (Wildman–Crippen MR) is 105 cm³/mol. The van der Waals surface area contributed by atoms with Crippen LogP contribution in [-0.2, 0) is 11.0 Å². The number of amides is 2. The number of halogens is 3. The minimum absolute atomic E-state index is 0.0420. The highest BCUT2D eigenvalue weighted by Gasteiger charge is 2.32. The molecule has 0 spiro atoms. The zero-order chi connectivity index (χ0) is 21.0. The fourth-order valence-electron chi connectivity index (χ4n) is 3.61. The van der Waals surface area contributed by atoms with Gasteiger partial charge in [0.15, 0.2) is 0 Å². The molecule has 0 unspecified atom stereocenters. The Kier molecular flexibility index (Phi) is 6.25. The van der Waals surface area contributed by atoms with Gasteiger partial charge in [0.05, 0.1) is 5.56 Å². The second kappa shape index (κ2) is 8.68. The Bertz CT molecular complexity index is 843. The van der Waals surface area contributed by atoms with Crippen molar-refractivity contribution < 1.29 is 22.8 Å². The van der Waals surface area contributed by atoms with Crippen molar-refractivity contribution in [3.05, 3.63) is 65.7 Å². The van der Waals surface area contributed by atoms with Crippen LogP contribution >= 0.6 is 0 Å². The molecular formula is C22H23F3N2O2. The van der Waals surface area contributed by atoms with Crippen molar-refractivity contribution in [2.45, 2.75) is 25.9 Å². The number of nitrogens with zero attached hydrogens (tertiary/aromatic N) is 2. The van der Waals surface area contributed by atoms with Gasteiger partial charge in [0.1, 0.15) is 0 Å². The van der Waals surface area contributed by atoms with Crippen LogP contribution in [0.2, 0.25) is 0 Å². The molecule has 2 aromatic rings. The highest BCUT2D eigenvalue weighted by molar-refractivity contribution is 5.96. The summed E-state index contributed by atoms with van der Waals surface area (Å²) in [7, 11) is 0. The van der Waals surface area contributed by atoms with Crippen LogP contribution in [0.3, 0.4) is 0 Å². The molecule has 29 heavy (non-hydrogen) atoms. The lowest BCUT2D eigenvalue weighted by Gasteiger charge is -2.34. The molecule has 0 radical (unpaired) electrons. The van der Waals surface area contributed by atoms with Crippen molar-refractivity contribution in [1.29, 1.82) is 0 Å². The van der Waals surface area contributed by atoms with Gasteiger partial charge in [-0.25, -0.2) is 0 Å². The Hall–Kier alpha value is -2.83. The van der Waals surface area contributed by atoms with Crippen LogP contribution in [0.15, 0.2) is 54.6 Å². The fraction of sp³-hybridized carbons (Fsp3) is 0.364. The van der Waals surface area contributed by atoms with Crippen molar-refractivity contribution in [1.82, 2.24) is 4.90 Å². The van der Waals surface area contributed by atoms with Crippen LogP contribution in [0.5, 0.6) is 0 Å². The van der Waals surface area contributed by atoms with E-state index in [1.165, 1.54) is 12.1 Å². The summed E-state index contributed by atoms with van der Waals surface area (Å²) in [4.78, 5) is 28.9. The molecule has 0 aromatic heterocycles. The van der Waals surface area contributed by atoms with Crippen LogP contribution in [0.1, 0.15) is 35.7 Å². The van der Waals surface area contributed by atoms with E-state index in [-0.39, 0.29) is 23.3 Å². The molecule has 0 bridgehead atoms. The number of likely N-dealkylation sites (tertiary alicyclic amines) is 1. The SMILES string of the molecule is CCN(C(=O)C1CCN(C(=O)c2ccc(C(F)(F)F)cc2)CC1)c1ccccc1. The topological polar surface area (TPSA) is 40.6 Å². The van der Waals surface area contributed by atoms with Gasteiger partial charge in [-0.1, -0.05) is 18.2 Å². The molecule has 1 heterocycles. The summed E-state index contributed by atoms with van der Waals surface area (Å²) < 4.78 is 38.0. The standard InChI is InChI=1S/C22H23F3N2O2/c1-2-27(19-6-4-3-5-7-19)21(29)17-12-14-26(15-13-17)20(28)16-8-10-18(11-9-16)22(23,24)25/h3-11,17H,2,12-15H2,1H3. The number of para-hydroxylation sites is 1. The molecule has 1 fully saturated rings. The summed E-state index contributed by atoms with van der Waals surface area (Å²) in [6.45, 7) is 3.30. The summed E-state index contributed by atoms with van der Waals surface area (Å²) in [6, 6.07) is 13.7. The van der Waals surface area contributed by atoms with E-state index in [0.717, 1.165) is 17.8 Å². The van der Waals surface area contributed by atoms with Gasteiger partial charge in [0.25, 0.3) is 5.91 Å². The lowest BCUT2D eigenvalue weighted by atomic mass is 9.94. The Morgan fingerprint density at radius 1 is 1.00 bits per heavy atom. The second-order valence-corrected chi connectivity index (χ2v) is 7.06. The van der Waals surface area contributed by atoms with E-state index in [1.807, 2.05) is 37.3 Å². The van der Waals surface area contributed by atoms with Crippen LogP contribution in [-0.4, -0.2) is 36.3 Å². The smallest absolute Gasteiger partial charge is 0.339 e. The van der Waals surface area contributed by atoms with E-state index in [9.17, 15) is 22.8 Å². The van der Waals surface area contributed by atoms with E-state index in [0.29, 0.717) is 32.5 Å². The van der Waals surface area contributed by atoms with Gasteiger partial charge < -0.3 is 9.80 Å². The largest absolute Gasteiger partial charge is 0.416 e. The molecule has 1 aliphatic heterocycles. The number of benzene rings is 2. The molecule has 0 atom stereocenters. The number of carbonyl (C=O) groups is 2. The van der Waals surface area contributed by atoms with Crippen molar-refractivity contribution in [3.63, 3.8) is 0 Å². The van der Waals surface area contributed by atoms with E-state index in [1.54, 1.807) is 9.80 Å². The van der Waals surface area contributed by atoms with E-state index >= 15 is 0 Å². The molecule has 0 aliphatic carbocycles. The van der Waals surface area contributed by atoms with E-state index < -0.39 is 11.7 Å². The number of carbonyl (C=O) groups excluding carboxylic acids is 2. The molecule has 4 nitrogen and oxygen atoms in total. The first kappa shape index (κ1) is 20.9. The number of anilines is 1. The number of rotatable bonds is 4. The average Bonchev–Trinajstić information content (AvgIpc) is 2.74. The van der Waals surface area contributed by atoms with Crippen LogP contribution in [0.25, 0.3) is 0 Å². The van der Waals surface area contributed by atoms with Crippen molar-refractivity contribution in [3.8, 4) is 0 Å². The van der Waals surface area contributed by atoms with Crippen LogP contribution in [0.4, 0.5) is 18.9 Å². The molecule has 2 aromatic carbocycles. The van der Waals surface area contributed by atoms with E-state index in [4.69, 9.17) is 0 Å². The summed E-state index contributed by atoms with van der Waals surface area (Å²) in [6.07, 6.45) is -3.35. The summed E-state index contributed by atoms with van der Waals surface area (Å²) in [5, 5.41) is 0. The first-order valence-corrected chi connectivity index (χ1v) is 9.64. The van der Waals surface area contributed by atoms with Gasteiger partial charge in [0.2, 0.25) is 5.91 Å². The van der Waals surface area contributed by atoms with Gasteiger partial charge in [-0.3, -0.25) is 9.59 Å². The third-order valence-corrected chi connectivity index (χ3v) is 5.24. The molecular weight excluding hydrogens is 381 g/mol. The quantitative estimate of drug-likeness (QED) is 0.747. The lowest BCUT2D eigenvalue weighted by Crippen LogP contribution is -2.44. The maximum absolute atomic E-state index is 12.9. The zero-order valence-electron chi connectivity index (χ0n) is 16.2. The Morgan fingerprint density at radius 3 is 2.10 bits per heavy atom. The summed E-state index contributed by atoms with van der Waals surface area (Å²) in [5.74, 6) is -0.438. The normalized spacial score (nSPS) is 15.2. The summed E-state index contributed by atoms with van der Waals surface area (Å²) >= 11 is 0. The molecule has 0 saturated carbocycles. The molecule has 3 rings (SSSR count). The number of piperidine rings is 1. The molecule has 154 valence electrons. The fourth-order valence-corrected chi connectivity index (χ4v) is 3.61. The first-order valence-electron chi connectivity index (χ1n) is 9.64. The van der Waals surface area contributed by atoms with Crippen molar-refractivity contribution >= 4 is 17.5 Å². The summed E-state index contributed by atoms with van der Waals surface area (Å²) in [5.41, 5.74) is 0.296. The molecule has 2 amide bonds. The number of hydrogen-bond donors (Lipinski definition) is 0. The van der Waals surface area contributed by atoms with E-state index in [2.05, 4.69) is 0 Å². The maximum atomic E-state index is 12.9. The Labute approximate surface area is 167 Å². The van der Waals surface area contributed by atoms with Gasteiger partial charge in [-0.2, -0.15) is 13.2 Å². The third kappa shape index (κ3) is 4.78. The monoisotopic (exact) mass is 404 g/mol.